The molecule has 0 aliphatic carbocycles. The highest BCUT2D eigenvalue weighted by Crippen LogP contribution is 2.42. The summed E-state index contributed by atoms with van der Waals surface area (Å²) >= 11 is 1.50. The van der Waals surface area contributed by atoms with Gasteiger partial charge in [-0.2, -0.15) is 0 Å². The minimum atomic E-state index is -0.472. The molecule has 1 N–H and O–H groups in total. The fourth-order valence-electron chi connectivity index (χ4n) is 2.63. The average Bonchev–Trinajstić information content (AvgIpc) is 2.96. The van der Waals surface area contributed by atoms with Crippen LogP contribution in [0.5, 0.6) is 0 Å². The third-order valence-electron chi connectivity index (χ3n) is 4.09. The van der Waals surface area contributed by atoms with Crippen LogP contribution in [0.2, 0.25) is 0 Å². The molecule has 3 rings (SSSR count). The lowest BCUT2D eigenvalue weighted by Crippen LogP contribution is -2.28. The molecule has 2 aromatic rings. The molecule has 0 unspecified atom stereocenters. The summed E-state index contributed by atoms with van der Waals surface area (Å²) in [5, 5.41) is 2.67. The van der Waals surface area contributed by atoms with Gasteiger partial charge in [0.25, 0.3) is 0 Å². The normalized spacial score (nSPS) is 17.5. The fraction of sp³-hybridized carbons (Fsp3) is 0.300. The number of carbonyl (C=O) groups is 2. The number of amides is 2. The van der Waals surface area contributed by atoms with Gasteiger partial charge < -0.3 is 5.32 Å². The Labute approximate surface area is 156 Å². The molecular formula is C20H21FN2O2S. The monoisotopic (exact) mass is 372 g/mol. The van der Waals surface area contributed by atoms with Crippen LogP contribution in [0.15, 0.2) is 48.5 Å². The summed E-state index contributed by atoms with van der Waals surface area (Å²) in [6.07, 6.45) is 0. The predicted molar refractivity (Wildman–Crippen MR) is 104 cm³/mol. The van der Waals surface area contributed by atoms with Gasteiger partial charge in [0.05, 0.1) is 5.75 Å². The Hall–Kier alpha value is -2.34. The quantitative estimate of drug-likeness (QED) is 0.857. The zero-order chi connectivity index (χ0) is 18.9. The van der Waals surface area contributed by atoms with E-state index in [0.717, 1.165) is 5.56 Å². The van der Waals surface area contributed by atoms with Crippen LogP contribution in [-0.2, 0) is 9.59 Å². The largest absolute Gasteiger partial charge is 0.326 e. The van der Waals surface area contributed by atoms with Crippen molar-refractivity contribution in [1.82, 2.24) is 0 Å². The van der Waals surface area contributed by atoms with Gasteiger partial charge in [-0.25, -0.2) is 4.39 Å². The second-order valence-electron chi connectivity index (χ2n) is 7.23. The van der Waals surface area contributed by atoms with Crippen LogP contribution in [0.4, 0.5) is 15.8 Å². The van der Waals surface area contributed by atoms with Crippen molar-refractivity contribution in [2.24, 2.45) is 5.41 Å². The molecule has 1 saturated heterocycles. The molecular weight excluding hydrogens is 351 g/mol. The molecule has 2 aromatic carbocycles. The molecule has 1 heterocycles. The molecule has 2 amide bonds. The lowest BCUT2D eigenvalue weighted by Gasteiger charge is -2.24. The maximum atomic E-state index is 13.6. The van der Waals surface area contributed by atoms with Gasteiger partial charge in [-0.15, -0.1) is 11.8 Å². The zero-order valence-corrected chi connectivity index (χ0v) is 15.8. The number of anilines is 2. The first-order valence-electron chi connectivity index (χ1n) is 8.36. The molecule has 6 heteroatoms. The van der Waals surface area contributed by atoms with Crippen LogP contribution in [0, 0.1) is 11.2 Å². The van der Waals surface area contributed by atoms with Crippen molar-refractivity contribution in [3.63, 3.8) is 0 Å². The third kappa shape index (κ3) is 3.90. The first-order chi connectivity index (χ1) is 12.3. The maximum Gasteiger partial charge on any atom is 0.238 e. The van der Waals surface area contributed by atoms with E-state index in [2.05, 4.69) is 5.32 Å². The Bertz CT molecular complexity index is 830. The highest BCUT2D eigenvalue weighted by molar-refractivity contribution is 8.00. The molecule has 26 heavy (non-hydrogen) atoms. The van der Waals surface area contributed by atoms with E-state index in [1.807, 2.05) is 45.0 Å². The smallest absolute Gasteiger partial charge is 0.238 e. The van der Waals surface area contributed by atoms with Crippen LogP contribution in [0.25, 0.3) is 0 Å². The number of nitrogens with zero attached hydrogens (tertiary/aromatic N) is 1. The summed E-state index contributed by atoms with van der Waals surface area (Å²) in [4.78, 5) is 26.0. The number of carbonyl (C=O) groups excluding carboxylic acids is 2. The maximum absolute atomic E-state index is 13.6. The number of halogens is 1. The van der Waals surface area contributed by atoms with Crippen LogP contribution >= 0.6 is 11.8 Å². The first kappa shape index (κ1) is 18.5. The second-order valence-corrected chi connectivity index (χ2v) is 8.30. The molecule has 1 aliphatic heterocycles. The average molecular weight is 372 g/mol. The number of nitrogens with one attached hydrogen (secondary N) is 1. The number of thioether (sulfide) groups is 1. The van der Waals surface area contributed by atoms with Crippen LogP contribution in [0.1, 0.15) is 31.7 Å². The molecule has 0 radical (unpaired) electrons. The summed E-state index contributed by atoms with van der Waals surface area (Å²) in [5.41, 5.74) is 1.72. The Kier molecular flexibility index (Phi) is 5.05. The molecule has 1 fully saturated rings. The van der Waals surface area contributed by atoms with Gasteiger partial charge in [0.1, 0.15) is 11.2 Å². The minimum absolute atomic E-state index is 0.0456. The molecule has 1 atom stereocenters. The zero-order valence-electron chi connectivity index (χ0n) is 15.0. The van der Waals surface area contributed by atoms with Gasteiger partial charge >= 0.3 is 0 Å². The van der Waals surface area contributed by atoms with Crippen molar-refractivity contribution in [3.05, 3.63) is 59.9 Å². The van der Waals surface area contributed by atoms with Crippen LogP contribution in [-0.4, -0.2) is 17.6 Å². The lowest BCUT2D eigenvalue weighted by atomic mass is 9.95. The SMILES string of the molecule is CC(C)(C)C(=O)Nc1ccc([C@H]2SCC(=O)N2c2cccc(F)c2)cc1. The van der Waals surface area contributed by atoms with Gasteiger partial charge in [-0.3, -0.25) is 14.5 Å². The minimum Gasteiger partial charge on any atom is -0.326 e. The van der Waals surface area contributed by atoms with E-state index in [1.54, 1.807) is 17.0 Å². The molecule has 1 aliphatic rings. The Balaban J connectivity index is 1.82. The van der Waals surface area contributed by atoms with Gasteiger partial charge in [0.15, 0.2) is 0 Å². The van der Waals surface area contributed by atoms with Crippen molar-refractivity contribution < 1.29 is 14.0 Å². The van der Waals surface area contributed by atoms with E-state index in [9.17, 15) is 14.0 Å². The highest BCUT2D eigenvalue weighted by atomic mass is 32.2. The number of rotatable bonds is 3. The van der Waals surface area contributed by atoms with Crippen LogP contribution in [0.3, 0.4) is 0 Å². The topological polar surface area (TPSA) is 49.4 Å². The fourth-order valence-corrected chi connectivity index (χ4v) is 3.80. The highest BCUT2D eigenvalue weighted by Gasteiger charge is 2.34. The van der Waals surface area contributed by atoms with Crippen molar-refractivity contribution in [3.8, 4) is 0 Å². The molecule has 0 aromatic heterocycles. The van der Waals surface area contributed by atoms with Crippen molar-refractivity contribution in [1.29, 1.82) is 0 Å². The van der Waals surface area contributed by atoms with Gasteiger partial charge in [0.2, 0.25) is 11.8 Å². The Morgan fingerprint density at radius 3 is 2.50 bits per heavy atom. The van der Waals surface area contributed by atoms with E-state index in [4.69, 9.17) is 0 Å². The van der Waals surface area contributed by atoms with E-state index in [1.165, 1.54) is 23.9 Å². The van der Waals surface area contributed by atoms with E-state index in [-0.39, 0.29) is 23.0 Å². The number of benzene rings is 2. The van der Waals surface area contributed by atoms with Crippen LogP contribution < -0.4 is 10.2 Å². The van der Waals surface area contributed by atoms with Crippen molar-refractivity contribution >= 4 is 35.0 Å². The van der Waals surface area contributed by atoms with Gasteiger partial charge in [0, 0.05) is 16.8 Å². The van der Waals surface area contributed by atoms with Gasteiger partial charge in [-0.05, 0) is 35.9 Å². The lowest BCUT2D eigenvalue weighted by molar-refractivity contribution is -0.123. The standard InChI is InChI=1S/C20H21FN2O2S/c1-20(2,3)19(25)22-15-9-7-13(8-10-15)18-23(17(24)12-26-18)16-6-4-5-14(21)11-16/h4-11,18H,12H2,1-3H3,(H,22,25)/t18-/m1/s1. The molecule has 0 bridgehead atoms. The molecule has 0 spiro atoms. The summed E-state index contributed by atoms with van der Waals surface area (Å²) in [7, 11) is 0. The van der Waals surface area contributed by atoms with Crippen molar-refractivity contribution in [2.45, 2.75) is 26.1 Å². The third-order valence-corrected chi connectivity index (χ3v) is 5.30. The van der Waals surface area contributed by atoms with Crippen molar-refractivity contribution in [2.75, 3.05) is 16.0 Å². The molecule has 0 saturated carbocycles. The van der Waals surface area contributed by atoms with E-state index < -0.39 is 5.41 Å². The Morgan fingerprint density at radius 1 is 1.19 bits per heavy atom. The first-order valence-corrected chi connectivity index (χ1v) is 9.41. The summed E-state index contributed by atoms with van der Waals surface area (Å²) in [5.74, 6) is -0.122. The molecule has 136 valence electrons. The summed E-state index contributed by atoms with van der Waals surface area (Å²) in [6, 6.07) is 13.5. The Morgan fingerprint density at radius 2 is 1.88 bits per heavy atom. The molecule has 4 nitrogen and oxygen atoms in total. The summed E-state index contributed by atoms with van der Waals surface area (Å²) in [6.45, 7) is 5.57. The number of hydrogen-bond acceptors (Lipinski definition) is 3. The van der Waals surface area contributed by atoms with E-state index in [0.29, 0.717) is 17.1 Å². The predicted octanol–water partition coefficient (Wildman–Crippen LogP) is 4.59. The summed E-state index contributed by atoms with van der Waals surface area (Å²) < 4.78 is 13.6. The van der Waals surface area contributed by atoms with E-state index >= 15 is 0 Å². The number of hydrogen-bond donors (Lipinski definition) is 1. The second kappa shape index (κ2) is 7.11. The van der Waals surface area contributed by atoms with Gasteiger partial charge in [-0.1, -0.05) is 39.0 Å².